The molecule has 1 aliphatic heterocycles. The maximum atomic E-state index is 12.5. The lowest BCUT2D eigenvalue weighted by atomic mass is 10.2. The van der Waals surface area contributed by atoms with Crippen LogP contribution in [-0.2, 0) is 6.18 Å². The van der Waals surface area contributed by atoms with Crippen molar-refractivity contribution in [1.82, 2.24) is 14.8 Å². The molecule has 0 saturated carbocycles. The summed E-state index contributed by atoms with van der Waals surface area (Å²) in [5.41, 5.74) is -0.718. The van der Waals surface area contributed by atoms with Crippen LogP contribution in [0.2, 0.25) is 0 Å². The highest BCUT2D eigenvalue weighted by atomic mass is 19.4. The molecule has 0 radical (unpaired) electrons. The van der Waals surface area contributed by atoms with E-state index in [-0.39, 0.29) is 6.04 Å². The molecule has 3 heterocycles. The standard InChI is InChI=1S/C13H13F3N4/c14-13(15,16)10-2-3-12(17-8-10)19-7-4-11(9-19)20-6-1-5-18-20/h1-3,5-6,8,11H,4,7,9H2. The molecule has 20 heavy (non-hydrogen) atoms. The molecule has 0 amide bonds. The van der Waals surface area contributed by atoms with Crippen molar-refractivity contribution in [2.45, 2.75) is 18.6 Å². The van der Waals surface area contributed by atoms with Crippen molar-refractivity contribution in [2.75, 3.05) is 18.0 Å². The summed E-state index contributed by atoms with van der Waals surface area (Å²) in [5, 5.41) is 4.19. The molecule has 7 heteroatoms. The molecule has 1 fully saturated rings. The minimum atomic E-state index is -4.34. The summed E-state index contributed by atoms with van der Waals surface area (Å²) in [6.07, 6.45) is 1.07. The highest BCUT2D eigenvalue weighted by Gasteiger charge is 2.31. The lowest BCUT2D eigenvalue weighted by Crippen LogP contribution is -2.22. The smallest absolute Gasteiger partial charge is 0.354 e. The summed E-state index contributed by atoms with van der Waals surface area (Å²) in [5.74, 6) is 0.577. The first-order valence-corrected chi connectivity index (χ1v) is 6.31. The molecular weight excluding hydrogens is 269 g/mol. The first-order valence-electron chi connectivity index (χ1n) is 6.31. The van der Waals surface area contributed by atoms with Crippen molar-refractivity contribution in [1.29, 1.82) is 0 Å². The summed E-state index contributed by atoms with van der Waals surface area (Å²) < 4.78 is 39.3. The Morgan fingerprint density at radius 3 is 2.70 bits per heavy atom. The van der Waals surface area contributed by atoms with Gasteiger partial charge in [-0.2, -0.15) is 18.3 Å². The van der Waals surface area contributed by atoms with E-state index in [1.165, 1.54) is 6.07 Å². The second-order valence-electron chi connectivity index (χ2n) is 4.78. The maximum absolute atomic E-state index is 12.5. The van der Waals surface area contributed by atoms with E-state index in [1.54, 1.807) is 6.20 Å². The Balaban J connectivity index is 1.72. The first kappa shape index (κ1) is 13.0. The van der Waals surface area contributed by atoms with E-state index < -0.39 is 11.7 Å². The molecule has 1 unspecified atom stereocenters. The minimum absolute atomic E-state index is 0.245. The molecule has 1 aliphatic rings. The van der Waals surface area contributed by atoms with Gasteiger partial charge in [0.2, 0.25) is 0 Å². The molecule has 0 spiro atoms. The Bertz CT molecular complexity index is 562. The number of alkyl halides is 3. The van der Waals surface area contributed by atoms with Gasteiger partial charge in [0.15, 0.2) is 0 Å². The fourth-order valence-electron chi connectivity index (χ4n) is 2.40. The fourth-order valence-corrected chi connectivity index (χ4v) is 2.40. The predicted molar refractivity (Wildman–Crippen MR) is 67.3 cm³/mol. The van der Waals surface area contributed by atoms with Gasteiger partial charge in [-0.15, -0.1) is 0 Å². The molecule has 0 bridgehead atoms. The van der Waals surface area contributed by atoms with Gasteiger partial charge >= 0.3 is 6.18 Å². The normalized spacial score (nSPS) is 19.6. The van der Waals surface area contributed by atoms with Crippen molar-refractivity contribution in [3.8, 4) is 0 Å². The number of halogens is 3. The quantitative estimate of drug-likeness (QED) is 0.849. The second kappa shape index (κ2) is 4.81. The number of hydrogen-bond donors (Lipinski definition) is 0. The summed E-state index contributed by atoms with van der Waals surface area (Å²) >= 11 is 0. The molecule has 1 atom stereocenters. The van der Waals surface area contributed by atoms with E-state index in [2.05, 4.69) is 10.1 Å². The molecule has 0 aromatic carbocycles. The largest absolute Gasteiger partial charge is 0.417 e. The lowest BCUT2D eigenvalue weighted by molar-refractivity contribution is -0.137. The molecule has 0 aliphatic carbocycles. The van der Waals surface area contributed by atoms with Gasteiger partial charge in [-0.05, 0) is 24.6 Å². The number of pyridine rings is 1. The fraction of sp³-hybridized carbons (Fsp3) is 0.385. The van der Waals surface area contributed by atoms with Gasteiger partial charge in [-0.3, -0.25) is 4.68 Å². The number of anilines is 1. The zero-order chi connectivity index (χ0) is 14.2. The van der Waals surface area contributed by atoms with Gasteiger partial charge in [-0.1, -0.05) is 0 Å². The lowest BCUT2D eigenvalue weighted by Gasteiger charge is -2.18. The second-order valence-corrected chi connectivity index (χ2v) is 4.78. The van der Waals surface area contributed by atoms with E-state index in [0.717, 1.165) is 25.2 Å². The van der Waals surface area contributed by atoms with Crippen LogP contribution in [0.1, 0.15) is 18.0 Å². The molecule has 106 valence electrons. The van der Waals surface area contributed by atoms with Crippen LogP contribution in [0.3, 0.4) is 0 Å². The summed E-state index contributed by atoms with van der Waals surface area (Å²) in [4.78, 5) is 5.90. The van der Waals surface area contributed by atoms with Gasteiger partial charge in [-0.25, -0.2) is 4.98 Å². The van der Waals surface area contributed by atoms with E-state index in [4.69, 9.17) is 0 Å². The number of nitrogens with zero attached hydrogens (tertiary/aromatic N) is 4. The molecule has 3 rings (SSSR count). The number of aromatic nitrogens is 3. The SMILES string of the molecule is FC(F)(F)c1ccc(N2CCC(n3cccn3)C2)nc1. The van der Waals surface area contributed by atoms with Crippen molar-refractivity contribution in [2.24, 2.45) is 0 Å². The Hall–Kier alpha value is -2.05. The van der Waals surface area contributed by atoms with Crippen LogP contribution in [-0.4, -0.2) is 27.9 Å². The maximum Gasteiger partial charge on any atom is 0.417 e. The summed E-state index contributed by atoms with van der Waals surface area (Å²) in [7, 11) is 0. The molecule has 4 nitrogen and oxygen atoms in total. The van der Waals surface area contributed by atoms with E-state index >= 15 is 0 Å². The molecule has 2 aromatic heterocycles. The van der Waals surface area contributed by atoms with Crippen molar-refractivity contribution in [3.05, 3.63) is 42.4 Å². The topological polar surface area (TPSA) is 34.0 Å². The molecule has 1 saturated heterocycles. The number of rotatable bonds is 2. The summed E-state index contributed by atoms with van der Waals surface area (Å²) in [6.45, 7) is 1.48. The van der Waals surface area contributed by atoms with Crippen molar-refractivity contribution < 1.29 is 13.2 Å². The third-order valence-electron chi connectivity index (χ3n) is 3.46. The molecule has 0 N–H and O–H groups in total. The zero-order valence-corrected chi connectivity index (χ0v) is 10.6. The zero-order valence-electron chi connectivity index (χ0n) is 10.6. The van der Waals surface area contributed by atoms with E-state index in [9.17, 15) is 13.2 Å². The average molecular weight is 282 g/mol. The van der Waals surface area contributed by atoms with Gasteiger partial charge in [0, 0.05) is 31.7 Å². The van der Waals surface area contributed by atoms with Crippen molar-refractivity contribution in [3.63, 3.8) is 0 Å². The van der Waals surface area contributed by atoms with Crippen LogP contribution < -0.4 is 4.90 Å². The van der Waals surface area contributed by atoms with Gasteiger partial charge in [0.25, 0.3) is 0 Å². The first-order chi connectivity index (χ1) is 9.54. The van der Waals surface area contributed by atoms with Gasteiger partial charge in [0.1, 0.15) is 5.82 Å². The van der Waals surface area contributed by atoms with Gasteiger partial charge < -0.3 is 4.90 Å². The van der Waals surface area contributed by atoms with Gasteiger partial charge in [0.05, 0.1) is 11.6 Å². The highest BCUT2D eigenvalue weighted by molar-refractivity contribution is 5.41. The van der Waals surface area contributed by atoms with Crippen LogP contribution >= 0.6 is 0 Å². The predicted octanol–water partition coefficient (Wildman–Crippen LogP) is 2.75. The monoisotopic (exact) mass is 282 g/mol. The average Bonchev–Trinajstić information content (AvgIpc) is 3.09. The number of hydrogen-bond acceptors (Lipinski definition) is 3. The van der Waals surface area contributed by atoms with Crippen LogP contribution in [0.4, 0.5) is 19.0 Å². The summed E-state index contributed by atoms with van der Waals surface area (Å²) in [6, 6.07) is 4.60. The molecular formula is C13H13F3N4. The van der Waals surface area contributed by atoms with Crippen LogP contribution in [0.25, 0.3) is 0 Å². The Morgan fingerprint density at radius 2 is 2.10 bits per heavy atom. The van der Waals surface area contributed by atoms with E-state index in [0.29, 0.717) is 12.4 Å². The van der Waals surface area contributed by atoms with Crippen LogP contribution in [0.5, 0.6) is 0 Å². The third kappa shape index (κ3) is 2.48. The highest BCUT2D eigenvalue weighted by Crippen LogP contribution is 2.30. The molecule has 2 aromatic rings. The third-order valence-corrected chi connectivity index (χ3v) is 3.46. The van der Waals surface area contributed by atoms with E-state index in [1.807, 2.05) is 21.8 Å². The Morgan fingerprint density at radius 1 is 1.25 bits per heavy atom. The Kier molecular flexibility index (Phi) is 3.11. The van der Waals surface area contributed by atoms with Crippen LogP contribution in [0, 0.1) is 0 Å². The Labute approximate surface area is 113 Å². The minimum Gasteiger partial charge on any atom is -0.354 e. The van der Waals surface area contributed by atoms with Crippen molar-refractivity contribution >= 4 is 5.82 Å². The van der Waals surface area contributed by atoms with Crippen LogP contribution in [0.15, 0.2) is 36.8 Å².